The van der Waals surface area contributed by atoms with Crippen LogP contribution in [0.4, 0.5) is 4.39 Å². The topological polar surface area (TPSA) is 53.5 Å². The van der Waals surface area contributed by atoms with Crippen LogP contribution in [0.5, 0.6) is 5.88 Å². The van der Waals surface area contributed by atoms with Gasteiger partial charge in [0.15, 0.2) is 5.82 Å². The normalized spacial score (nSPS) is 11.0. The summed E-state index contributed by atoms with van der Waals surface area (Å²) < 4.78 is 29.2. The maximum absolute atomic E-state index is 11.9. The van der Waals surface area contributed by atoms with Crippen molar-refractivity contribution in [3.05, 3.63) is 53.0 Å². The Morgan fingerprint density at radius 2 is 1.52 bits per heavy atom. The van der Waals surface area contributed by atoms with Gasteiger partial charge in [-0.15, -0.1) is 0 Å². The molecule has 7 heteroatoms. The number of benzene rings is 2. The summed E-state index contributed by atoms with van der Waals surface area (Å²) in [6.45, 7) is 1.14. The number of fused-ring (bicyclic) bond motifs is 1. The summed E-state index contributed by atoms with van der Waals surface area (Å²) in [4.78, 5) is 9.23. The fourth-order valence-electron chi connectivity index (χ4n) is 2.46. The first-order chi connectivity index (χ1) is 13.3. The molecule has 5 nitrogen and oxygen atoms in total. The van der Waals surface area contributed by atoms with Crippen LogP contribution in [0.1, 0.15) is 0 Å². The summed E-state index contributed by atoms with van der Waals surface area (Å²) in [7, 11) is 0. The third-order valence-electron chi connectivity index (χ3n) is 3.73. The van der Waals surface area contributed by atoms with Crippen LogP contribution in [0.3, 0.4) is 0 Å². The number of rotatable bonds is 10. The molecular formula is C20H20BrFN2O3. The molecule has 0 fully saturated rings. The van der Waals surface area contributed by atoms with E-state index < -0.39 is 6.67 Å². The molecule has 0 radical (unpaired) electrons. The second-order valence-electron chi connectivity index (χ2n) is 5.64. The van der Waals surface area contributed by atoms with E-state index in [4.69, 9.17) is 14.2 Å². The Bertz CT molecular complexity index is 861. The van der Waals surface area contributed by atoms with Gasteiger partial charge in [-0.05, 0) is 24.3 Å². The molecule has 0 saturated carbocycles. The zero-order chi connectivity index (χ0) is 18.9. The molecule has 0 spiro atoms. The third kappa shape index (κ3) is 5.69. The lowest BCUT2D eigenvalue weighted by atomic mass is 10.2. The van der Waals surface area contributed by atoms with Gasteiger partial charge in [0, 0.05) is 10.0 Å². The van der Waals surface area contributed by atoms with E-state index in [-0.39, 0.29) is 6.61 Å². The monoisotopic (exact) mass is 434 g/mol. The van der Waals surface area contributed by atoms with Crippen molar-refractivity contribution in [1.29, 1.82) is 0 Å². The van der Waals surface area contributed by atoms with Crippen LogP contribution in [0, 0.1) is 0 Å². The Hall–Kier alpha value is -2.09. The Labute approximate surface area is 165 Å². The van der Waals surface area contributed by atoms with Crippen LogP contribution in [-0.2, 0) is 9.47 Å². The number of halogens is 2. The fraction of sp³-hybridized carbons (Fsp3) is 0.300. The molecule has 0 aliphatic carbocycles. The smallest absolute Gasteiger partial charge is 0.225 e. The Kier molecular flexibility index (Phi) is 7.50. The summed E-state index contributed by atoms with van der Waals surface area (Å²) in [5.41, 5.74) is 1.73. The van der Waals surface area contributed by atoms with E-state index >= 15 is 0 Å². The minimum atomic E-state index is -0.482. The maximum atomic E-state index is 11.9. The van der Waals surface area contributed by atoms with E-state index in [1.54, 1.807) is 0 Å². The second kappa shape index (κ2) is 10.3. The molecule has 0 atom stereocenters. The van der Waals surface area contributed by atoms with Crippen molar-refractivity contribution in [2.75, 3.05) is 39.7 Å². The number of aromatic nitrogens is 2. The molecule has 27 heavy (non-hydrogen) atoms. The number of para-hydroxylation sites is 1. The highest BCUT2D eigenvalue weighted by Crippen LogP contribution is 2.27. The van der Waals surface area contributed by atoms with Crippen molar-refractivity contribution >= 4 is 26.8 Å². The Morgan fingerprint density at radius 1 is 0.815 bits per heavy atom. The van der Waals surface area contributed by atoms with E-state index in [0.717, 1.165) is 20.9 Å². The molecule has 0 saturated heterocycles. The average Bonchev–Trinajstić information content (AvgIpc) is 2.70. The lowest BCUT2D eigenvalue weighted by molar-refractivity contribution is 0.0322. The van der Waals surface area contributed by atoms with Crippen LogP contribution >= 0.6 is 15.9 Å². The van der Waals surface area contributed by atoms with Crippen LogP contribution in [0.25, 0.3) is 22.3 Å². The molecule has 2 aromatic carbocycles. The second-order valence-corrected chi connectivity index (χ2v) is 6.55. The van der Waals surface area contributed by atoms with Crippen LogP contribution in [0.2, 0.25) is 0 Å². The summed E-state index contributed by atoms with van der Waals surface area (Å²) in [5, 5.41) is 0.852. The van der Waals surface area contributed by atoms with E-state index in [2.05, 4.69) is 25.9 Å². The van der Waals surface area contributed by atoms with Gasteiger partial charge in [-0.25, -0.2) is 9.37 Å². The van der Waals surface area contributed by atoms with Gasteiger partial charge in [0.1, 0.15) is 13.3 Å². The van der Waals surface area contributed by atoms with Crippen molar-refractivity contribution in [2.45, 2.75) is 0 Å². The standard InChI is InChI=1S/C20H20BrFN2O3/c21-16-7-5-15(6-8-16)19-23-18-4-2-1-3-17(18)20(24-19)27-14-13-26-12-11-25-10-9-22/h1-8H,9-14H2. The van der Waals surface area contributed by atoms with Crippen molar-refractivity contribution in [1.82, 2.24) is 9.97 Å². The fourth-order valence-corrected chi connectivity index (χ4v) is 2.72. The Balaban J connectivity index is 1.67. The molecule has 0 N–H and O–H groups in total. The van der Waals surface area contributed by atoms with E-state index in [1.807, 2.05) is 48.5 Å². The first-order valence-corrected chi connectivity index (χ1v) is 9.44. The zero-order valence-electron chi connectivity index (χ0n) is 14.7. The highest BCUT2D eigenvalue weighted by atomic mass is 79.9. The lowest BCUT2D eigenvalue weighted by Gasteiger charge is -2.11. The van der Waals surface area contributed by atoms with Gasteiger partial charge in [0.05, 0.1) is 37.3 Å². The summed E-state index contributed by atoms with van der Waals surface area (Å²) in [6.07, 6.45) is 0. The summed E-state index contributed by atoms with van der Waals surface area (Å²) in [5.74, 6) is 1.13. The van der Waals surface area contributed by atoms with Crippen molar-refractivity contribution in [3.63, 3.8) is 0 Å². The van der Waals surface area contributed by atoms with E-state index in [9.17, 15) is 4.39 Å². The predicted octanol–water partition coefficient (Wildman–Crippen LogP) is 4.44. The number of hydrogen-bond donors (Lipinski definition) is 0. The van der Waals surface area contributed by atoms with Crippen molar-refractivity contribution in [2.24, 2.45) is 0 Å². The lowest BCUT2D eigenvalue weighted by Crippen LogP contribution is -2.12. The first-order valence-electron chi connectivity index (χ1n) is 8.65. The molecule has 3 aromatic rings. The van der Waals surface area contributed by atoms with Gasteiger partial charge in [-0.2, -0.15) is 4.98 Å². The zero-order valence-corrected chi connectivity index (χ0v) is 16.3. The van der Waals surface area contributed by atoms with Crippen molar-refractivity contribution < 1.29 is 18.6 Å². The van der Waals surface area contributed by atoms with E-state index in [0.29, 0.717) is 38.1 Å². The number of hydrogen-bond acceptors (Lipinski definition) is 5. The van der Waals surface area contributed by atoms with Crippen LogP contribution in [-0.4, -0.2) is 49.7 Å². The van der Waals surface area contributed by atoms with Crippen molar-refractivity contribution in [3.8, 4) is 17.3 Å². The van der Waals surface area contributed by atoms with Crippen LogP contribution in [0.15, 0.2) is 53.0 Å². The third-order valence-corrected chi connectivity index (χ3v) is 4.26. The minimum absolute atomic E-state index is 0.103. The highest BCUT2D eigenvalue weighted by Gasteiger charge is 2.10. The molecular weight excluding hydrogens is 415 g/mol. The van der Waals surface area contributed by atoms with Gasteiger partial charge in [0.2, 0.25) is 5.88 Å². The van der Waals surface area contributed by atoms with Gasteiger partial charge in [0.25, 0.3) is 0 Å². The molecule has 0 unspecified atom stereocenters. The van der Waals surface area contributed by atoms with Crippen LogP contribution < -0.4 is 4.74 Å². The molecule has 142 valence electrons. The highest BCUT2D eigenvalue weighted by molar-refractivity contribution is 9.10. The predicted molar refractivity (Wildman–Crippen MR) is 106 cm³/mol. The number of alkyl halides is 1. The van der Waals surface area contributed by atoms with Gasteiger partial charge in [-0.3, -0.25) is 0 Å². The van der Waals surface area contributed by atoms with Gasteiger partial charge < -0.3 is 14.2 Å². The van der Waals surface area contributed by atoms with Gasteiger partial charge in [-0.1, -0.05) is 40.2 Å². The molecule has 0 bridgehead atoms. The summed E-state index contributed by atoms with van der Waals surface area (Å²) >= 11 is 3.43. The molecule has 1 aromatic heterocycles. The van der Waals surface area contributed by atoms with Gasteiger partial charge >= 0.3 is 0 Å². The summed E-state index contributed by atoms with van der Waals surface area (Å²) in [6, 6.07) is 15.5. The largest absolute Gasteiger partial charge is 0.475 e. The van der Waals surface area contributed by atoms with E-state index in [1.165, 1.54) is 0 Å². The maximum Gasteiger partial charge on any atom is 0.225 e. The quantitative estimate of drug-likeness (QED) is 0.441. The molecule has 1 heterocycles. The molecule has 0 amide bonds. The molecule has 0 aliphatic rings. The number of nitrogens with zero attached hydrogens (tertiary/aromatic N) is 2. The molecule has 3 rings (SSSR count). The number of ether oxygens (including phenoxy) is 3. The molecule has 0 aliphatic heterocycles. The first kappa shape index (κ1) is 19.7. The minimum Gasteiger partial charge on any atom is -0.475 e. The Morgan fingerprint density at radius 3 is 2.30 bits per heavy atom. The average molecular weight is 435 g/mol. The SMILES string of the molecule is FCCOCCOCCOc1nc(-c2ccc(Br)cc2)nc2ccccc12.